The minimum atomic E-state index is -0.403. The first kappa shape index (κ1) is 19.2. The predicted molar refractivity (Wildman–Crippen MR) is 112 cm³/mol. The monoisotopic (exact) mass is 391 g/mol. The van der Waals surface area contributed by atoms with Crippen LogP contribution < -0.4 is 5.32 Å². The van der Waals surface area contributed by atoms with Gasteiger partial charge in [0.1, 0.15) is 0 Å². The van der Waals surface area contributed by atoms with Gasteiger partial charge in [-0.05, 0) is 55.7 Å². The molecular weight excluding hydrogens is 366 g/mol. The number of esters is 1. The van der Waals surface area contributed by atoms with Crippen LogP contribution in [0.4, 0.5) is 5.69 Å². The van der Waals surface area contributed by atoms with Crippen molar-refractivity contribution in [3.05, 3.63) is 59.3 Å². The van der Waals surface area contributed by atoms with Crippen LogP contribution in [0.2, 0.25) is 0 Å². The molecule has 1 fully saturated rings. The van der Waals surface area contributed by atoms with Crippen molar-refractivity contribution in [3.63, 3.8) is 0 Å². The maximum Gasteiger partial charge on any atom is 0.337 e. The summed E-state index contributed by atoms with van der Waals surface area (Å²) in [4.78, 5) is 24.4. The van der Waals surface area contributed by atoms with Gasteiger partial charge in [0.15, 0.2) is 0 Å². The summed E-state index contributed by atoms with van der Waals surface area (Å²) in [5, 5.41) is 8.87. The Morgan fingerprint density at radius 3 is 2.45 bits per heavy atom. The van der Waals surface area contributed by atoms with E-state index in [1.165, 1.54) is 20.0 Å². The highest BCUT2D eigenvalue weighted by atomic mass is 16.5. The van der Waals surface area contributed by atoms with Crippen LogP contribution in [0, 0.1) is 0 Å². The van der Waals surface area contributed by atoms with Crippen LogP contribution in [0.5, 0.6) is 0 Å². The van der Waals surface area contributed by atoms with Crippen molar-refractivity contribution in [2.45, 2.75) is 45.1 Å². The standard InChI is InChI=1S/C23H25N3O3/c1-3-20-19-13-10-16(14-21(19)26(25-20)18-6-4-5-7-18)22(27)24-17-11-8-15(9-12-17)23(28)29-2/h8-14,18H,3-7H2,1-2H3,(H,24,27). The van der Waals surface area contributed by atoms with Crippen molar-refractivity contribution in [3.8, 4) is 0 Å². The molecule has 4 rings (SSSR count). The molecule has 6 nitrogen and oxygen atoms in total. The van der Waals surface area contributed by atoms with Crippen molar-refractivity contribution >= 4 is 28.5 Å². The zero-order valence-electron chi connectivity index (χ0n) is 16.8. The molecule has 0 spiro atoms. The fourth-order valence-corrected chi connectivity index (χ4v) is 4.04. The number of carbonyl (C=O) groups is 2. The fraction of sp³-hybridized carbons (Fsp3) is 0.348. The summed E-state index contributed by atoms with van der Waals surface area (Å²) in [6.07, 6.45) is 5.62. The Morgan fingerprint density at radius 1 is 1.10 bits per heavy atom. The number of methoxy groups -OCH3 is 1. The smallest absolute Gasteiger partial charge is 0.337 e. The molecule has 0 radical (unpaired) electrons. The lowest BCUT2D eigenvalue weighted by Crippen LogP contribution is -2.13. The molecule has 0 atom stereocenters. The first-order chi connectivity index (χ1) is 14.1. The van der Waals surface area contributed by atoms with Gasteiger partial charge in [-0.1, -0.05) is 25.8 Å². The molecule has 1 aliphatic rings. The van der Waals surface area contributed by atoms with E-state index in [2.05, 4.69) is 16.9 Å². The molecule has 1 amide bonds. The minimum absolute atomic E-state index is 0.185. The zero-order chi connectivity index (χ0) is 20.4. The summed E-state index contributed by atoms with van der Waals surface area (Å²) in [5.74, 6) is -0.588. The van der Waals surface area contributed by atoms with Gasteiger partial charge >= 0.3 is 5.97 Å². The molecule has 0 unspecified atom stereocenters. The van der Waals surface area contributed by atoms with Gasteiger partial charge < -0.3 is 10.1 Å². The third-order valence-electron chi connectivity index (χ3n) is 5.62. The van der Waals surface area contributed by atoms with Gasteiger partial charge in [-0.2, -0.15) is 5.10 Å². The molecule has 1 aliphatic carbocycles. The van der Waals surface area contributed by atoms with Gasteiger partial charge in [-0.25, -0.2) is 4.79 Å². The van der Waals surface area contributed by atoms with Crippen LogP contribution in [-0.2, 0) is 11.2 Å². The normalized spacial score (nSPS) is 14.3. The van der Waals surface area contributed by atoms with Gasteiger partial charge in [0.2, 0.25) is 0 Å². The zero-order valence-corrected chi connectivity index (χ0v) is 16.8. The van der Waals surface area contributed by atoms with Crippen molar-refractivity contribution in [2.24, 2.45) is 0 Å². The number of nitrogens with zero attached hydrogens (tertiary/aromatic N) is 2. The van der Waals surface area contributed by atoms with Crippen molar-refractivity contribution in [1.29, 1.82) is 0 Å². The van der Waals surface area contributed by atoms with E-state index < -0.39 is 5.97 Å². The Bertz CT molecular complexity index is 1050. The number of anilines is 1. The summed E-state index contributed by atoms with van der Waals surface area (Å²) in [6, 6.07) is 12.9. The number of carbonyl (C=O) groups excluding carboxylic acids is 2. The predicted octanol–water partition coefficient (Wildman–Crippen LogP) is 4.75. The maximum atomic E-state index is 12.8. The molecule has 0 bridgehead atoms. The molecule has 6 heteroatoms. The Morgan fingerprint density at radius 2 is 1.79 bits per heavy atom. The second-order valence-corrected chi connectivity index (χ2v) is 7.44. The van der Waals surface area contributed by atoms with E-state index >= 15 is 0 Å². The van der Waals surface area contributed by atoms with Gasteiger partial charge in [0.05, 0.1) is 29.9 Å². The largest absolute Gasteiger partial charge is 0.465 e. The molecular formula is C23H25N3O3. The van der Waals surface area contributed by atoms with E-state index in [0.717, 1.165) is 35.9 Å². The number of aryl methyl sites for hydroxylation is 1. The summed E-state index contributed by atoms with van der Waals surface area (Å²) >= 11 is 0. The van der Waals surface area contributed by atoms with Gasteiger partial charge in [0.25, 0.3) is 5.91 Å². The van der Waals surface area contributed by atoms with Gasteiger partial charge in [-0.15, -0.1) is 0 Å². The van der Waals surface area contributed by atoms with Crippen LogP contribution in [0.25, 0.3) is 10.9 Å². The van der Waals surface area contributed by atoms with Crippen molar-refractivity contribution < 1.29 is 14.3 Å². The lowest BCUT2D eigenvalue weighted by atomic mass is 10.1. The second-order valence-electron chi connectivity index (χ2n) is 7.44. The van der Waals surface area contributed by atoms with Gasteiger partial charge in [0, 0.05) is 16.6 Å². The number of amides is 1. The molecule has 150 valence electrons. The number of nitrogens with one attached hydrogen (secondary N) is 1. The summed E-state index contributed by atoms with van der Waals surface area (Å²) in [6.45, 7) is 2.11. The molecule has 0 saturated heterocycles. The molecule has 1 saturated carbocycles. The first-order valence-corrected chi connectivity index (χ1v) is 10.1. The number of hydrogen-bond donors (Lipinski definition) is 1. The summed E-state index contributed by atoms with van der Waals surface area (Å²) in [5.41, 5.74) is 3.77. The lowest BCUT2D eigenvalue weighted by molar-refractivity contribution is 0.0600. The van der Waals surface area contributed by atoms with E-state index in [0.29, 0.717) is 22.9 Å². The number of fused-ring (bicyclic) bond motifs is 1. The fourth-order valence-electron chi connectivity index (χ4n) is 4.04. The van der Waals surface area contributed by atoms with Crippen LogP contribution in [0.15, 0.2) is 42.5 Å². The maximum absolute atomic E-state index is 12.8. The van der Waals surface area contributed by atoms with E-state index in [4.69, 9.17) is 9.84 Å². The number of aromatic nitrogens is 2. The highest BCUT2D eigenvalue weighted by molar-refractivity contribution is 6.06. The third kappa shape index (κ3) is 3.75. The molecule has 29 heavy (non-hydrogen) atoms. The van der Waals surface area contributed by atoms with E-state index in [1.807, 2.05) is 18.2 Å². The molecule has 1 N–H and O–H groups in total. The molecule has 2 aromatic carbocycles. The topological polar surface area (TPSA) is 73.2 Å². The number of benzene rings is 2. The number of ether oxygens (including phenoxy) is 1. The first-order valence-electron chi connectivity index (χ1n) is 10.1. The second kappa shape index (κ2) is 8.07. The third-order valence-corrected chi connectivity index (χ3v) is 5.62. The van der Waals surface area contributed by atoms with Crippen molar-refractivity contribution in [1.82, 2.24) is 9.78 Å². The van der Waals surface area contributed by atoms with E-state index in [9.17, 15) is 9.59 Å². The Labute approximate surface area is 169 Å². The molecule has 3 aromatic rings. The highest BCUT2D eigenvalue weighted by Crippen LogP contribution is 2.33. The summed E-state index contributed by atoms with van der Waals surface area (Å²) < 4.78 is 6.83. The molecule has 0 aliphatic heterocycles. The number of rotatable bonds is 5. The minimum Gasteiger partial charge on any atom is -0.465 e. The Balaban J connectivity index is 1.60. The highest BCUT2D eigenvalue weighted by Gasteiger charge is 2.22. The van der Waals surface area contributed by atoms with Crippen LogP contribution >= 0.6 is 0 Å². The van der Waals surface area contributed by atoms with Crippen LogP contribution in [-0.4, -0.2) is 28.8 Å². The van der Waals surface area contributed by atoms with E-state index in [1.54, 1.807) is 24.3 Å². The number of hydrogen-bond acceptors (Lipinski definition) is 4. The quantitative estimate of drug-likeness (QED) is 0.637. The molecule has 1 aromatic heterocycles. The lowest BCUT2D eigenvalue weighted by Gasteiger charge is -2.12. The summed E-state index contributed by atoms with van der Waals surface area (Å²) in [7, 11) is 1.34. The van der Waals surface area contributed by atoms with Crippen molar-refractivity contribution in [2.75, 3.05) is 12.4 Å². The average Bonchev–Trinajstić information content (AvgIpc) is 3.40. The van der Waals surface area contributed by atoms with E-state index in [-0.39, 0.29) is 5.91 Å². The Hall–Kier alpha value is -3.15. The van der Waals surface area contributed by atoms with Crippen LogP contribution in [0.3, 0.4) is 0 Å². The van der Waals surface area contributed by atoms with Gasteiger partial charge in [-0.3, -0.25) is 9.48 Å². The molecule has 1 heterocycles. The van der Waals surface area contributed by atoms with Crippen LogP contribution in [0.1, 0.15) is 65.1 Å². The Kier molecular flexibility index (Phi) is 5.34. The SMILES string of the molecule is CCc1nn(C2CCCC2)c2cc(C(=O)Nc3ccc(C(=O)OC)cc3)ccc12. The average molecular weight is 391 g/mol.